The van der Waals surface area contributed by atoms with Crippen molar-refractivity contribution in [1.29, 1.82) is 0 Å². The van der Waals surface area contributed by atoms with Crippen molar-refractivity contribution in [2.24, 2.45) is 0 Å². The second kappa shape index (κ2) is 7.21. The zero-order chi connectivity index (χ0) is 19.7. The summed E-state index contributed by atoms with van der Waals surface area (Å²) in [6.45, 7) is 1.41. The van der Waals surface area contributed by atoms with Gasteiger partial charge < -0.3 is 14.2 Å². The van der Waals surface area contributed by atoms with E-state index in [1.165, 1.54) is 6.92 Å². The predicted octanol–water partition coefficient (Wildman–Crippen LogP) is 4.95. The average Bonchev–Trinajstić information content (AvgIpc) is 3.28. The standard InChI is InChI=1S/C20H14ClN3O4/c1-11(25)22-14-6-7-15-18(10-14)28-20(23-15)24-19(26)17-9-8-16(27-17)12-2-4-13(21)5-3-12/h2-10H,1H3,(H,22,25)(H,23,24,26). The Morgan fingerprint density at radius 2 is 1.75 bits per heavy atom. The summed E-state index contributed by atoms with van der Waals surface area (Å²) >= 11 is 5.88. The van der Waals surface area contributed by atoms with E-state index in [1.807, 2.05) is 0 Å². The third-order valence-electron chi connectivity index (χ3n) is 3.89. The van der Waals surface area contributed by atoms with Gasteiger partial charge in [-0.2, -0.15) is 4.98 Å². The zero-order valence-corrected chi connectivity index (χ0v) is 15.4. The van der Waals surface area contributed by atoms with Crippen LogP contribution in [-0.2, 0) is 4.79 Å². The molecule has 0 spiro atoms. The number of anilines is 2. The number of halogens is 1. The number of oxazole rings is 1. The number of benzene rings is 2. The number of amides is 2. The largest absolute Gasteiger partial charge is 0.451 e. The number of fused-ring (bicyclic) bond motifs is 1. The molecule has 0 aliphatic carbocycles. The Morgan fingerprint density at radius 1 is 0.964 bits per heavy atom. The molecule has 0 bridgehead atoms. The molecule has 0 saturated heterocycles. The van der Waals surface area contributed by atoms with E-state index in [9.17, 15) is 9.59 Å². The Labute approximate surface area is 164 Å². The molecule has 2 aromatic heterocycles. The van der Waals surface area contributed by atoms with Crippen molar-refractivity contribution in [2.75, 3.05) is 10.6 Å². The summed E-state index contributed by atoms with van der Waals surface area (Å²) in [5, 5.41) is 5.84. The first kappa shape index (κ1) is 17.8. The minimum Gasteiger partial charge on any atom is -0.451 e. The number of furan rings is 1. The topological polar surface area (TPSA) is 97.4 Å². The maximum atomic E-state index is 12.4. The van der Waals surface area contributed by atoms with Gasteiger partial charge in [0.2, 0.25) is 5.91 Å². The molecule has 7 nitrogen and oxygen atoms in total. The van der Waals surface area contributed by atoms with Crippen LogP contribution in [0.4, 0.5) is 11.7 Å². The van der Waals surface area contributed by atoms with Gasteiger partial charge >= 0.3 is 6.01 Å². The normalized spacial score (nSPS) is 10.8. The number of rotatable bonds is 4. The molecule has 2 aromatic carbocycles. The number of hydrogen-bond donors (Lipinski definition) is 2. The molecule has 28 heavy (non-hydrogen) atoms. The molecule has 0 aliphatic rings. The van der Waals surface area contributed by atoms with Gasteiger partial charge in [0.1, 0.15) is 11.3 Å². The molecular weight excluding hydrogens is 382 g/mol. The van der Waals surface area contributed by atoms with Crippen molar-refractivity contribution in [3.63, 3.8) is 0 Å². The quantitative estimate of drug-likeness (QED) is 0.509. The molecule has 0 fully saturated rings. The lowest BCUT2D eigenvalue weighted by molar-refractivity contribution is -0.114. The minimum absolute atomic E-state index is 0.0319. The van der Waals surface area contributed by atoms with Crippen LogP contribution in [0.15, 0.2) is 63.4 Å². The van der Waals surface area contributed by atoms with Gasteiger partial charge in [-0.25, -0.2) is 0 Å². The first-order chi connectivity index (χ1) is 13.5. The molecule has 0 atom stereocenters. The maximum Gasteiger partial charge on any atom is 0.302 e. The van der Waals surface area contributed by atoms with E-state index in [4.69, 9.17) is 20.4 Å². The molecule has 8 heteroatoms. The second-order valence-electron chi connectivity index (χ2n) is 6.01. The molecule has 0 saturated carbocycles. The van der Waals surface area contributed by atoms with Crippen molar-refractivity contribution >= 4 is 46.2 Å². The first-order valence-corrected chi connectivity index (χ1v) is 8.71. The van der Waals surface area contributed by atoms with E-state index in [0.29, 0.717) is 27.6 Å². The van der Waals surface area contributed by atoms with Crippen LogP contribution in [0, 0.1) is 0 Å². The lowest BCUT2D eigenvalue weighted by atomic mass is 10.2. The third-order valence-corrected chi connectivity index (χ3v) is 4.14. The number of carbonyl (C=O) groups is 2. The molecule has 0 radical (unpaired) electrons. The molecule has 140 valence electrons. The van der Waals surface area contributed by atoms with E-state index < -0.39 is 5.91 Å². The van der Waals surface area contributed by atoms with Gasteiger partial charge in [0.15, 0.2) is 11.3 Å². The highest BCUT2D eigenvalue weighted by Gasteiger charge is 2.16. The van der Waals surface area contributed by atoms with Crippen LogP contribution < -0.4 is 10.6 Å². The van der Waals surface area contributed by atoms with Crippen molar-refractivity contribution in [3.05, 3.63) is 65.4 Å². The number of nitrogens with zero attached hydrogens (tertiary/aromatic N) is 1. The Morgan fingerprint density at radius 3 is 2.50 bits per heavy atom. The molecule has 4 rings (SSSR count). The minimum atomic E-state index is -0.492. The van der Waals surface area contributed by atoms with Gasteiger partial charge in [0.25, 0.3) is 5.91 Å². The summed E-state index contributed by atoms with van der Waals surface area (Å²) < 4.78 is 11.1. The maximum absolute atomic E-state index is 12.4. The van der Waals surface area contributed by atoms with E-state index in [-0.39, 0.29) is 17.7 Å². The Kier molecular flexibility index (Phi) is 4.58. The summed E-state index contributed by atoms with van der Waals surface area (Å²) in [5.41, 5.74) is 2.36. The van der Waals surface area contributed by atoms with Gasteiger partial charge in [-0.1, -0.05) is 11.6 Å². The van der Waals surface area contributed by atoms with Crippen LogP contribution in [-0.4, -0.2) is 16.8 Å². The van der Waals surface area contributed by atoms with Gasteiger partial charge in [0, 0.05) is 29.3 Å². The van der Waals surface area contributed by atoms with Crippen LogP contribution in [0.2, 0.25) is 5.02 Å². The highest BCUT2D eigenvalue weighted by molar-refractivity contribution is 6.30. The number of carbonyl (C=O) groups excluding carboxylic acids is 2. The van der Waals surface area contributed by atoms with Gasteiger partial charge in [0.05, 0.1) is 0 Å². The fourth-order valence-corrected chi connectivity index (χ4v) is 2.77. The summed E-state index contributed by atoms with van der Waals surface area (Å²) in [4.78, 5) is 27.8. The molecule has 0 unspecified atom stereocenters. The van der Waals surface area contributed by atoms with Crippen LogP contribution in [0.25, 0.3) is 22.4 Å². The lowest BCUT2D eigenvalue weighted by Crippen LogP contribution is -2.10. The molecule has 2 amide bonds. The molecule has 4 aromatic rings. The van der Waals surface area contributed by atoms with E-state index in [2.05, 4.69) is 15.6 Å². The first-order valence-electron chi connectivity index (χ1n) is 8.33. The van der Waals surface area contributed by atoms with Crippen LogP contribution in [0.5, 0.6) is 0 Å². The van der Waals surface area contributed by atoms with Crippen LogP contribution in [0.3, 0.4) is 0 Å². The second-order valence-corrected chi connectivity index (χ2v) is 6.44. The Balaban J connectivity index is 1.52. The Bertz CT molecular complexity index is 1180. The van der Waals surface area contributed by atoms with Crippen molar-refractivity contribution < 1.29 is 18.4 Å². The Hall–Kier alpha value is -3.58. The zero-order valence-electron chi connectivity index (χ0n) is 14.7. The summed E-state index contributed by atoms with van der Waals surface area (Å²) in [5.74, 6) is -0.0268. The average molecular weight is 396 g/mol. The van der Waals surface area contributed by atoms with Gasteiger partial charge in [-0.05, 0) is 48.5 Å². The third kappa shape index (κ3) is 3.74. The van der Waals surface area contributed by atoms with Crippen LogP contribution in [0.1, 0.15) is 17.5 Å². The fourth-order valence-electron chi connectivity index (χ4n) is 2.65. The number of aromatic nitrogens is 1. The van der Waals surface area contributed by atoms with E-state index in [0.717, 1.165) is 5.56 Å². The van der Waals surface area contributed by atoms with Gasteiger partial charge in [-0.15, -0.1) is 0 Å². The molecule has 2 heterocycles. The van der Waals surface area contributed by atoms with Gasteiger partial charge in [-0.3, -0.25) is 14.9 Å². The predicted molar refractivity (Wildman–Crippen MR) is 105 cm³/mol. The highest BCUT2D eigenvalue weighted by Crippen LogP contribution is 2.26. The monoisotopic (exact) mass is 395 g/mol. The number of hydrogen-bond acceptors (Lipinski definition) is 5. The molecule has 0 aliphatic heterocycles. The van der Waals surface area contributed by atoms with E-state index in [1.54, 1.807) is 54.6 Å². The van der Waals surface area contributed by atoms with Crippen molar-refractivity contribution in [3.8, 4) is 11.3 Å². The summed E-state index contributed by atoms with van der Waals surface area (Å²) in [6.07, 6.45) is 0. The highest BCUT2D eigenvalue weighted by atomic mass is 35.5. The lowest BCUT2D eigenvalue weighted by Gasteiger charge is -1.99. The molecular formula is C20H14ClN3O4. The SMILES string of the molecule is CC(=O)Nc1ccc2nc(NC(=O)c3ccc(-c4ccc(Cl)cc4)o3)oc2c1. The van der Waals surface area contributed by atoms with Crippen molar-refractivity contribution in [2.45, 2.75) is 6.92 Å². The van der Waals surface area contributed by atoms with E-state index >= 15 is 0 Å². The molecule has 2 N–H and O–H groups in total. The smallest absolute Gasteiger partial charge is 0.302 e. The summed E-state index contributed by atoms with van der Waals surface area (Å²) in [7, 11) is 0. The number of nitrogens with one attached hydrogen (secondary N) is 2. The van der Waals surface area contributed by atoms with Crippen molar-refractivity contribution in [1.82, 2.24) is 4.98 Å². The fraction of sp³-hybridized carbons (Fsp3) is 0.0500. The summed E-state index contributed by atoms with van der Waals surface area (Å²) in [6, 6.07) is 15.4. The van der Waals surface area contributed by atoms with Crippen LogP contribution >= 0.6 is 11.6 Å².